The van der Waals surface area contributed by atoms with Gasteiger partial charge in [0.25, 0.3) is 0 Å². The molecule has 0 aliphatic carbocycles. The third-order valence-corrected chi connectivity index (χ3v) is 3.76. The van der Waals surface area contributed by atoms with Crippen molar-refractivity contribution in [3.05, 3.63) is 38.7 Å². The lowest BCUT2D eigenvalue weighted by atomic mass is 10.1. The van der Waals surface area contributed by atoms with E-state index in [0.29, 0.717) is 5.15 Å². The van der Waals surface area contributed by atoms with Crippen molar-refractivity contribution in [2.24, 2.45) is 0 Å². The second-order valence-electron chi connectivity index (χ2n) is 2.89. The third kappa shape index (κ3) is 1.53. The Morgan fingerprint density at radius 3 is 2.77 bits per heavy atom. The predicted octanol–water partition coefficient (Wildman–Crippen LogP) is 3.80. The molecule has 2 aromatic rings. The van der Waals surface area contributed by atoms with Gasteiger partial charge in [-0.25, -0.2) is 4.98 Å². The van der Waals surface area contributed by atoms with Gasteiger partial charge in [0.05, 0.1) is 0 Å². The maximum atomic E-state index is 5.97. The van der Waals surface area contributed by atoms with Crippen LogP contribution in [0.3, 0.4) is 0 Å². The van der Waals surface area contributed by atoms with E-state index in [9.17, 15) is 0 Å². The molecule has 1 nitrogen and oxygen atoms in total. The minimum atomic E-state index is 0.579. The topological polar surface area (TPSA) is 12.9 Å². The molecular weight excluding hydrogens is 296 g/mol. The van der Waals surface area contributed by atoms with Crippen LogP contribution in [0.2, 0.25) is 5.15 Å². The molecule has 66 valence electrons. The Hall–Kier alpha value is -0.350. The summed E-state index contributed by atoms with van der Waals surface area (Å²) in [7, 11) is 0. The van der Waals surface area contributed by atoms with Gasteiger partial charge in [-0.3, -0.25) is 0 Å². The van der Waals surface area contributed by atoms with Crippen LogP contribution < -0.4 is 0 Å². The molecule has 1 aromatic heterocycles. The van der Waals surface area contributed by atoms with Crippen LogP contribution in [0.15, 0.2) is 24.4 Å². The van der Waals surface area contributed by atoms with Crippen LogP contribution in [0.4, 0.5) is 0 Å². The lowest BCUT2D eigenvalue weighted by Crippen LogP contribution is -1.85. The monoisotopic (exact) mass is 303 g/mol. The maximum Gasteiger partial charge on any atom is 0.136 e. The Morgan fingerprint density at radius 2 is 2.00 bits per heavy atom. The van der Waals surface area contributed by atoms with Crippen molar-refractivity contribution >= 4 is 45.0 Å². The van der Waals surface area contributed by atoms with Crippen LogP contribution in [0, 0.1) is 10.5 Å². The third-order valence-electron chi connectivity index (χ3n) is 2.02. The average Bonchev–Trinajstić information content (AvgIpc) is 2.12. The number of pyridine rings is 1. The average molecular weight is 304 g/mol. The second-order valence-corrected chi connectivity index (χ2v) is 4.33. The predicted molar refractivity (Wildman–Crippen MR) is 64.2 cm³/mol. The van der Waals surface area contributed by atoms with Crippen molar-refractivity contribution in [2.45, 2.75) is 6.92 Å². The molecule has 0 N–H and O–H groups in total. The largest absolute Gasteiger partial charge is 0.244 e. The lowest BCUT2D eigenvalue weighted by Gasteiger charge is -2.04. The Bertz CT molecular complexity index is 468. The quantitative estimate of drug-likeness (QED) is 0.533. The van der Waals surface area contributed by atoms with Gasteiger partial charge in [0.1, 0.15) is 5.15 Å². The number of rotatable bonds is 0. The second kappa shape index (κ2) is 3.42. The summed E-state index contributed by atoms with van der Waals surface area (Å²) in [5.74, 6) is 0. The molecule has 0 saturated heterocycles. The normalized spacial score (nSPS) is 10.7. The summed E-state index contributed by atoms with van der Waals surface area (Å²) in [4.78, 5) is 4.04. The number of hydrogen-bond acceptors (Lipinski definition) is 1. The Balaban J connectivity index is 2.94. The fraction of sp³-hybridized carbons (Fsp3) is 0.100. The molecule has 1 aromatic carbocycles. The number of aryl methyl sites for hydroxylation is 1. The summed E-state index contributed by atoms with van der Waals surface area (Å²) in [5.41, 5.74) is 1.27. The van der Waals surface area contributed by atoms with Gasteiger partial charge in [-0.05, 0) is 46.5 Å². The highest BCUT2D eigenvalue weighted by Crippen LogP contribution is 2.27. The highest BCUT2D eigenvalue weighted by Gasteiger charge is 2.04. The van der Waals surface area contributed by atoms with Crippen LogP contribution >= 0.6 is 34.2 Å². The van der Waals surface area contributed by atoms with Crippen LogP contribution in [0.1, 0.15) is 5.56 Å². The van der Waals surface area contributed by atoms with Crippen molar-refractivity contribution in [1.82, 2.24) is 4.98 Å². The van der Waals surface area contributed by atoms with Crippen LogP contribution in [-0.4, -0.2) is 4.98 Å². The highest BCUT2D eigenvalue weighted by molar-refractivity contribution is 14.1. The first kappa shape index (κ1) is 9.21. The van der Waals surface area contributed by atoms with Gasteiger partial charge in [0, 0.05) is 15.2 Å². The zero-order chi connectivity index (χ0) is 9.42. The van der Waals surface area contributed by atoms with E-state index in [1.54, 1.807) is 6.20 Å². The first-order valence-electron chi connectivity index (χ1n) is 3.89. The molecule has 0 aliphatic rings. The Morgan fingerprint density at radius 1 is 1.23 bits per heavy atom. The fourth-order valence-corrected chi connectivity index (χ4v) is 2.16. The molecule has 0 amide bonds. The van der Waals surface area contributed by atoms with Gasteiger partial charge < -0.3 is 0 Å². The van der Waals surface area contributed by atoms with Crippen molar-refractivity contribution in [1.29, 1.82) is 0 Å². The summed E-state index contributed by atoms with van der Waals surface area (Å²) >= 11 is 8.30. The number of benzene rings is 1. The molecular formula is C10H7ClIN. The maximum absolute atomic E-state index is 5.97. The number of hydrogen-bond donors (Lipinski definition) is 0. The van der Waals surface area contributed by atoms with Crippen molar-refractivity contribution < 1.29 is 0 Å². The first-order chi connectivity index (χ1) is 6.20. The van der Waals surface area contributed by atoms with Crippen molar-refractivity contribution in [3.63, 3.8) is 0 Å². The zero-order valence-corrected chi connectivity index (χ0v) is 9.93. The molecule has 0 spiro atoms. The van der Waals surface area contributed by atoms with E-state index in [0.717, 1.165) is 5.39 Å². The van der Waals surface area contributed by atoms with Gasteiger partial charge in [-0.1, -0.05) is 23.7 Å². The molecule has 0 radical (unpaired) electrons. The molecule has 0 fully saturated rings. The van der Waals surface area contributed by atoms with Gasteiger partial charge in [-0.15, -0.1) is 0 Å². The number of nitrogens with zero attached hydrogens (tertiary/aromatic N) is 1. The van der Waals surface area contributed by atoms with Gasteiger partial charge in [0.15, 0.2) is 0 Å². The highest BCUT2D eigenvalue weighted by atomic mass is 127. The zero-order valence-electron chi connectivity index (χ0n) is 7.01. The molecule has 0 bridgehead atoms. The van der Waals surface area contributed by atoms with Crippen LogP contribution in [-0.2, 0) is 0 Å². The molecule has 0 saturated carbocycles. The molecule has 1 heterocycles. The summed E-state index contributed by atoms with van der Waals surface area (Å²) in [5, 5.41) is 2.79. The molecule has 13 heavy (non-hydrogen) atoms. The summed E-state index contributed by atoms with van der Waals surface area (Å²) in [6.07, 6.45) is 1.74. The van der Waals surface area contributed by atoms with E-state index in [1.165, 1.54) is 14.5 Å². The smallest absolute Gasteiger partial charge is 0.136 e. The molecule has 3 heteroatoms. The van der Waals surface area contributed by atoms with Gasteiger partial charge >= 0.3 is 0 Å². The number of halogens is 2. The van der Waals surface area contributed by atoms with E-state index in [1.807, 2.05) is 12.1 Å². The molecule has 2 rings (SSSR count). The fourth-order valence-electron chi connectivity index (χ4n) is 1.29. The summed E-state index contributed by atoms with van der Waals surface area (Å²) in [6.45, 7) is 2.09. The van der Waals surface area contributed by atoms with Crippen LogP contribution in [0.25, 0.3) is 10.8 Å². The lowest BCUT2D eigenvalue weighted by molar-refractivity contribution is 1.35. The van der Waals surface area contributed by atoms with E-state index >= 15 is 0 Å². The Kier molecular flexibility index (Phi) is 2.43. The van der Waals surface area contributed by atoms with Gasteiger partial charge in [0.2, 0.25) is 0 Å². The van der Waals surface area contributed by atoms with Crippen LogP contribution in [0.5, 0.6) is 0 Å². The van der Waals surface area contributed by atoms with Crippen molar-refractivity contribution in [3.8, 4) is 0 Å². The SMILES string of the molecule is Cc1ccc2c(Cl)nccc2c1I. The van der Waals surface area contributed by atoms with E-state index in [2.05, 4.69) is 40.6 Å². The van der Waals surface area contributed by atoms with Gasteiger partial charge in [-0.2, -0.15) is 0 Å². The summed E-state index contributed by atoms with van der Waals surface area (Å²) in [6, 6.07) is 6.08. The number of fused-ring (bicyclic) bond motifs is 1. The molecule has 0 unspecified atom stereocenters. The van der Waals surface area contributed by atoms with E-state index in [4.69, 9.17) is 11.6 Å². The van der Waals surface area contributed by atoms with E-state index < -0.39 is 0 Å². The van der Waals surface area contributed by atoms with E-state index in [-0.39, 0.29) is 0 Å². The molecule has 0 aliphatic heterocycles. The Labute approximate surface area is 95.3 Å². The van der Waals surface area contributed by atoms with Crippen molar-refractivity contribution in [2.75, 3.05) is 0 Å². The first-order valence-corrected chi connectivity index (χ1v) is 5.35. The minimum absolute atomic E-state index is 0.579. The number of aromatic nitrogens is 1. The standard InChI is InChI=1S/C10H7ClIN/c1-6-2-3-8-7(9(6)12)4-5-13-10(8)11/h2-5H,1H3. The molecule has 0 atom stereocenters. The minimum Gasteiger partial charge on any atom is -0.244 e. The summed E-state index contributed by atoms with van der Waals surface area (Å²) < 4.78 is 1.25.